The van der Waals surface area contributed by atoms with Gasteiger partial charge < -0.3 is 10.1 Å². The van der Waals surface area contributed by atoms with E-state index in [1.54, 1.807) is 0 Å². The van der Waals surface area contributed by atoms with Crippen molar-refractivity contribution in [3.63, 3.8) is 0 Å². The molecule has 2 aromatic heterocycles. The molecule has 3 rings (SSSR count). The molecule has 1 amide bonds. The van der Waals surface area contributed by atoms with Gasteiger partial charge in [0.25, 0.3) is 5.91 Å². The number of nitrogens with zero attached hydrogens (tertiary/aromatic N) is 3. The summed E-state index contributed by atoms with van der Waals surface area (Å²) < 4.78 is 5.87. The van der Waals surface area contributed by atoms with Gasteiger partial charge in [-0.3, -0.25) is 14.9 Å². The summed E-state index contributed by atoms with van der Waals surface area (Å²) in [5.41, 5.74) is 0.225. The lowest BCUT2D eigenvalue weighted by atomic mass is 10.2. The lowest BCUT2D eigenvalue weighted by Crippen LogP contribution is -2.32. The van der Waals surface area contributed by atoms with E-state index in [1.807, 2.05) is 6.92 Å². The maximum atomic E-state index is 12.2. The average molecular weight is 356 g/mol. The van der Waals surface area contributed by atoms with Crippen LogP contribution in [-0.2, 0) is 4.74 Å². The first kappa shape index (κ1) is 16.2. The molecule has 2 N–H and O–H groups in total. The first-order valence-electron chi connectivity index (χ1n) is 7.16. The van der Waals surface area contributed by atoms with Crippen molar-refractivity contribution in [2.45, 2.75) is 32.0 Å². The summed E-state index contributed by atoms with van der Waals surface area (Å²) in [4.78, 5) is 20.3. The average Bonchev–Trinajstić information content (AvgIpc) is 3.13. The minimum absolute atomic E-state index is 0.0952. The molecule has 1 aliphatic rings. The number of amides is 1. The Balaban J connectivity index is 1.56. The van der Waals surface area contributed by atoms with Crippen LogP contribution in [0.1, 0.15) is 41.0 Å². The van der Waals surface area contributed by atoms with Crippen molar-refractivity contribution in [2.75, 3.05) is 6.54 Å². The van der Waals surface area contributed by atoms with Gasteiger partial charge in [0.15, 0.2) is 5.82 Å². The SMILES string of the molecule is Cc1nc([C@@H]2CC[C@H](CNC(=O)c3c(Cl)cncc3Cl)O2)n[nH]1. The van der Waals surface area contributed by atoms with Gasteiger partial charge in [0.1, 0.15) is 11.9 Å². The van der Waals surface area contributed by atoms with Crippen molar-refractivity contribution in [1.82, 2.24) is 25.5 Å². The van der Waals surface area contributed by atoms with Crippen LogP contribution in [0.15, 0.2) is 12.4 Å². The zero-order valence-corrected chi connectivity index (χ0v) is 13.9. The number of hydrogen-bond donors (Lipinski definition) is 2. The molecule has 2 atom stereocenters. The van der Waals surface area contributed by atoms with Crippen LogP contribution < -0.4 is 5.32 Å². The van der Waals surface area contributed by atoms with E-state index in [1.165, 1.54) is 12.4 Å². The highest BCUT2D eigenvalue weighted by molar-refractivity contribution is 6.39. The molecule has 1 fully saturated rings. The van der Waals surface area contributed by atoms with Gasteiger partial charge in [-0.15, -0.1) is 0 Å². The van der Waals surface area contributed by atoms with Crippen molar-refractivity contribution in [3.05, 3.63) is 39.7 Å². The van der Waals surface area contributed by atoms with Gasteiger partial charge in [-0.1, -0.05) is 23.2 Å². The smallest absolute Gasteiger partial charge is 0.254 e. The monoisotopic (exact) mass is 355 g/mol. The van der Waals surface area contributed by atoms with Crippen LogP contribution in [0.5, 0.6) is 0 Å². The van der Waals surface area contributed by atoms with Crippen LogP contribution in [0, 0.1) is 6.92 Å². The molecule has 1 aliphatic heterocycles. The van der Waals surface area contributed by atoms with E-state index in [0.29, 0.717) is 12.4 Å². The topological polar surface area (TPSA) is 92.8 Å². The highest BCUT2D eigenvalue weighted by Gasteiger charge is 2.29. The summed E-state index contributed by atoms with van der Waals surface area (Å²) in [6, 6.07) is 0. The predicted octanol–water partition coefficient (Wildman–Crippen LogP) is 2.47. The van der Waals surface area contributed by atoms with Gasteiger partial charge in [0.2, 0.25) is 0 Å². The minimum atomic E-state index is -0.344. The fraction of sp³-hybridized carbons (Fsp3) is 0.429. The Labute approximate surface area is 142 Å². The van der Waals surface area contributed by atoms with Crippen LogP contribution in [0.4, 0.5) is 0 Å². The summed E-state index contributed by atoms with van der Waals surface area (Å²) in [6.07, 6.45) is 4.16. The molecule has 7 nitrogen and oxygen atoms in total. The van der Waals surface area contributed by atoms with E-state index in [4.69, 9.17) is 27.9 Å². The summed E-state index contributed by atoms with van der Waals surface area (Å²) in [6.45, 7) is 2.21. The third-order valence-electron chi connectivity index (χ3n) is 3.58. The third-order valence-corrected chi connectivity index (χ3v) is 4.15. The van der Waals surface area contributed by atoms with E-state index in [-0.39, 0.29) is 33.7 Å². The van der Waals surface area contributed by atoms with Gasteiger partial charge in [-0.25, -0.2) is 4.98 Å². The van der Waals surface area contributed by atoms with Crippen molar-refractivity contribution < 1.29 is 9.53 Å². The number of hydrogen-bond acceptors (Lipinski definition) is 5. The number of aromatic amines is 1. The van der Waals surface area contributed by atoms with Gasteiger partial charge in [-0.05, 0) is 19.8 Å². The van der Waals surface area contributed by atoms with E-state index >= 15 is 0 Å². The molecule has 0 aromatic carbocycles. The van der Waals surface area contributed by atoms with Crippen molar-refractivity contribution >= 4 is 29.1 Å². The largest absolute Gasteiger partial charge is 0.365 e. The van der Waals surface area contributed by atoms with Crippen LogP contribution in [0.2, 0.25) is 10.0 Å². The summed E-state index contributed by atoms with van der Waals surface area (Å²) in [7, 11) is 0. The third kappa shape index (κ3) is 3.63. The molecular formula is C14H15Cl2N5O2. The number of nitrogens with one attached hydrogen (secondary N) is 2. The number of pyridine rings is 1. The number of carbonyl (C=O) groups is 1. The number of halogens is 2. The standard InChI is InChI=1S/C14H15Cl2N5O2/c1-7-19-13(21-20-7)11-3-2-8(23-11)4-18-14(22)12-9(15)5-17-6-10(12)16/h5-6,8,11H,2-4H2,1H3,(H,18,22)(H,19,20,21)/t8-,11+/m1/s1. The molecule has 0 saturated carbocycles. The van der Waals surface area contributed by atoms with Gasteiger partial charge in [0, 0.05) is 18.9 Å². The summed E-state index contributed by atoms with van der Waals surface area (Å²) >= 11 is 11.9. The van der Waals surface area contributed by atoms with Crippen molar-refractivity contribution in [2.24, 2.45) is 0 Å². The molecular weight excluding hydrogens is 341 g/mol. The zero-order valence-electron chi connectivity index (χ0n) is 12.3. The molecule has 0 spiro atoms. The molecule has 3 heterocycles. The van der Waals surface area contributed by atoms with E-state index < -0.39 is 0 Å². The summed E-state index contributed by atoms with van der Waals surface area (Å²) in [5.74, 6) is 1.06. The van der Waals surface area contributed by atoms with Gasteiger partial charge in [0.05, 0.1) is 21.7 Å². The molecule has 0 radical (unpaired) electrons. The lowest BCUT2D eigenvalue weighted by molar-refractivity contribution is 0.0392. The number of aromatic nitrogens is 4. The maximum absolute atomic E-state index is 12.2. The normalized spacial score (nSPS) is 20.7. The van der Waals surface area contributed by atoms with Crippen molar-refractivity contribution in [1.29, 1.82) is 0 Å². The first-order valence-corrected chi connectivity index (χ1v) is 7.91. The van der Waals surface area contributed by atoms with Crippen LogP contribution in [0.25, 0.3) is 0 Å². The molecule has 0 bridgehead atoms. The fourth-order valence-electron chi connectivity index (χ4n) is 2.47. The molecule has 1 saturated heterocycles. The fourth-order valence-corrected chi connectivity index (χ4v) is 3.01. The van der Waals surface area contributed by atoms with Crippen LogP contribution in [0.3, 0.4) is 0 Å². The second kappa shape index (κ2) is 6.82. The number of H-pyrrole nitrogens is 1. The quantitative estimate of drug-likeness (QED) is 0.878. The van der Waals surface area contributed by atoms with Crippen molar-refractivity contribution in [3.8, 4) is 0 Å². The molecule has 0 unspecified atom stereocenters. The van der Waals surface area contributed by atoms with Gasteiger partial charge >= 0.3 is 0 Å². The summed E-state index contributed by atoms with van der Waals surface area (Å²) in [5, 5.41) is 10.1. The van der Waals surface area contributed by atoms with Crippen LogP contribution >= 0.6 is 23.2 Å². The highest BCUT2D eigenvalue weighted by atomic mass is 35.5. The predicted molar refractivity (Wildman–Crippen MR) is 84.6 cm³/mol. The zero-order chi connectivity index (χ0) is 16.4. The van der Waals surface area contributed by atoms with E-state index in [2.05, 4.69) is 25.5 Å². The second-order valence-electron chi connectivity index (χ2n) is 5.29. The molecule has 23 heavy (non-hydrogen) atoms. The Morgan fingerprint density at radius 3 is 2.78 bits per heavy atom. The molecule has 122 valence electrons. The number of aryl methyl sites for hydroxylation is 1. The Bertz CT molecular complexity index is 701. The van der Waals surface area contributed by atoms with E-state index in [0.717, 1.165) is 18.7 Å². The van der Waals surface area contributed by atoms with Crippen LogP contribution in [-0.4, -0.2) is 38.7 Å². The lowest BCUT2D eigenvalue weighted by Gasteiger charge is -2.13. The number of carbonyl (C=O) groups excluding carboxylic acids is 1. The Hall–Kier alpha value is -1.70. The Morgan fingerprint density at radius 1 is 1.39 bits per heavy atom. The number of ether oxygens (including phenoxy) is 1. The Morgan fingerprint density at radius 2 is 2.13 bits per heavy atom. The molecule has 0 aliphatic carbocycles. The first-order chi connectivity index (χ1) is 11.0. The maximum Gasteiger partial charge on any atom is 0.254 e. The second-order valence-corrected chi connectivity index (χ2v) is 6.11. The Kier molecular flexibility index (Phi) is 4.79. The molecule has 2 aromatic rings. The van der Waals surface area contributed by atoms with E-state index in [9.17, 15) is 4.79 Å². The minimum Gasteiger partial charge on any atom is -0.365 e. The highest BCUT2D eigenvalue weighted by Crippen LogP contribution is 2.30. The molecule has 9 heteroatoms. The number of rotatable bonds is 4. The van der Waals surface area contributed by atoms with Gasteiger partial charge in [-0.2, -0.15) is 5.10 Å².